The second kappa shape index (κ2) is 7.80. The largest absolute Gasteiger partial charge is 0.381 e. The van der Waals surface area contributed by atoms with Crippen molar-refractivity contribution in [3.8, 4) is 0 Å². The predicted octanol–water partition coefficient (Wildman–Crippen LogP) is 4.20. The summed E-state index contributed by atoms with van der Waals surface area (Å²) in [5.74, 6) is 0.379. The van der Waals surface area contributed by atoms with Gasteiger partial charge in [0.05, 0.1) is 0 Å². The molecule has 23 heavy (non-hydrogen) atoms. The number of nitrogens with one attached hydrogen (secondary N) is 1. The molecule has 0 spiro atoms. The minimum absolute atomic E-state index is 0.218. The van der Waals surface area contributed by atoms with Crippen molar-refractivity contribution in [2.45, 2.75) is 57.4 Å². The van der Waals surface area contributed by atoms with E-state index in [0.717, 1.165) is 44.5 Å². The van der Waals surface area contributed by atoms with Crippen LogP contribution in [0.4, 0.5) is 10.1 Å². The third kappa shape index (κ3) is 4.46. The molecule has 0 aromatic heterocycles. The number of carbonyl (C=O) groups excluding carboxylic acids is 1. The molecule has 1 unspecified atom stereocenters. The van der Waals surface area contributed by atoms with Gasteiger partial charge in [-0.15, -0.1) is 0 Å². The average Bonchev–Trinajstić information content (AvgIpc) is 2.86. The maximum Gasteiger partial charge on any atom is 0.225 e. The fraction of sp³-hybridized carbons (Fsp3) is 0.632. The van der Waals surface area contributed by atoms with Crippen molar-refractivity contribution in [3.05, 3.63) is 30.1 Å². The van der Waals surface area contributed by atoms with Gasteiger partial charge in [-0.1, -0.05) is 25.7 Å². The molecule has 1 saturated heterocycles. The van der Waals surface area contributed by atoms with Crippen LogP contribution in [0.5, 0.6) is 0 Å². The molecule has 1 aliphatic carbocycles. The van der Waals surface area contributed by atoms with Gasteiger partial charge in [0.15, 0.2) is 0 Å². The SMILES string of the molecule is O=C(C1CCCCCC1)N1CCCC(Nc2ccc(F)cc2)C1. The molecule has 0 radical (unpaired) electrons. The Morgan fingerprint density at radius 2 is 1.70 bits per heavy atom. The number of carbonyl (C=O) groups is 1. The Bertz CT molecular complexity index is 509. The van der Waals surface area contributed by atoms with Crippen LogP contribution in [0, 0.1) is 11.7 Å². The smallest absolute Gasteiger partial charge is 0.225 e. The summed E-state index contributed by atoms with van der Waals surface area (Å²) in [6.07, 6.45) is 9.17. The lowest BCUT2D eigenvalue weighted by Crippen LogP contribution is -2.47. The zero-order valence-corrected chi connectivity index (χ0v) is 13.8. The molecule has 1 atom stereocenters. The third-order valence-electron chi connectivity index (χ3n) is 5.15. The second-order valence-corrected chi connectivity index (χ2v) is 6.96. The molecule has 2 fully saturated rings. The number of hydrogen-bond donors (Lipinski definition) is 1. The summed E-state index contributed by atoms with van der Waals surface area (Å²) in [6, 6.07) is 6.74. The standard InChI is InChI=1S/C19H27FN2O/c20-16-9-11-17(12-10-16)21-18-8-5-13-22(14-18)19(23)15-6-3-1-2-4-7-15/h9-12,15,18,21H,1-8,13-14H2. The summed E-state index contributed by atoms with van der Waals surface area (Å²) in [7, 11) is 0. The first kappa shape index (κ1) is 16.3. The van der Waals surface area contributed by atoms with E-state index in [1.165, 1.54) is 37.8 Å². The molecule has 1 N–H and O–H groups in total. The second-order valence-electron chi connectivity index (χ2n) is 6.96. The molecule has 4 heteroatoms. The van der Waals surface area contributed by atoms with Gasteiger partial charge in [0, 0.05) is 30.7 Å². The zero-order valence-electron chi connectivity index (χ0n) is 13.8. The lowest BCUT2D eigenvalue weighted by molar-refractivity contribution is -0.137. The minimum atomic E-state index is -0.218. The maximum absolute atomic E-state index is 13.0. The molecule has 126 valence electrons. The highest BCUT2D eigenvalue weighted by Gasteiger charge is 2.29. The molecule has 1 saturated carbocycles. The number of benzene rings is 1. The number of halogens is 1. The number of likely N-dealkylation sites (tertiary alicyclic amines) is 1. The molecule has 1 aromatic carbocycles. The number of anilines is 1. The van der Waals surface area contributed by atoms with Crippen molar-refractivity contribution < 1.29 is 9.18 Å². The van der Waals surface area contributed by atoms with Gasteiger partial charge in [0.25, 0.3) is 0 Å². The van der Waals surface area contributed by atoms with Crippen molar-refractivity contribution >= 4 is 11.6 Å². The van der Waals surface area contributed by atoms with E-state index in [9.17, 15) is 9.18 Å². The molecule has 3 rings (SSSR count). The van der Waals surface area contributed by atoms with Gasteiger partial charge in [-0.2, -0.15) is 0 Å². The number of amides is 1. The first-order valence-corrected chi connectivity index (χ1v) is 9.03. The van der Waals surface area contributed by atoms with Crippen molar-refractivity contribution in [3.63, 3.8) is 0 Å². The van der Waals surface area contributed by atoms with Crippen LogP contribution in [0.25, 0.3) is 0 Å². The first-order chi connectivity index (χ1) is 11.2. The van der Waals surface area contributed by atoms with Gasteiger partial charge in [0.1, 0.15) is 5.82 Å². The van der Waals surface area contributed by atoms with Crippen molar-refractivity contribution in [1.82, 2.24) is 4.90 Å². The van der Waals surface area contributed by atoms with E-state index in [1.54, 1.807) is 12.1 Å². The molecule has 0 bridgehead atoms. The quantitative estimate of drug-likeness (QED) is 0.847. The predicted molar refractivity (Wildman–Crippen MR) is 90.8 cm³/mol. The lowest BCUT2D eigenvalue weighted by atomic mass is 9.96. The van der Waals surface area contributed by atoms with Crippen molar-refractivity contribution in [1.29, 1.82) is 0 Å². The average molecular weight is 318 g/mol. The van der Waals surface area contributed by atoms with E-state index in [1.807, 2.05) is 0 Å². The van der Waals surface area contributed by atoms with Gasteiger partial charge in [-0.05, 0) is 49.9 Å². The number of piperidine rings is 1. The molecule has 1 aromatic rings. The van der Waals surface area contributed by atoms with Gasteiger partial charge in [-0.3, -0.25) is 4.79 Å². The number of hydrogen-bond acceptors (Lipinski definition) is 2. The van der Waals surface area contributed by atoms with Gasteiger partial charge < -0.3 is 10.2 Å². The third-order valence-corrected chi connectivity index (χ3v) is 5.15. The van der Waals surface area contributed by atoms with E-state index in [-0.39, 0.29) is 17.8 Å². The molecule has 3 nitrogen and oxygen atoms in total. The Hall–Kier alpha value is -1.58. The van der Waals surface area contributed by atoms with Crippen LogP contribution in [0.3, 0.4) is 0 Å². The van der Waals surface area contributed by atoms with Crippen LogP contribution in [0.2, 0.25) is 0 Å². The molecule has 1 heterocycles. The fourth-order valence-electron chi connectivity index (χ4n) is 3.86. The monoisotopic (exact) mass is 318 g/mol. The van der Waals surface area contributed by atoms with Crippen LogP contribution in [0.1, 0.15) is 51.4 Å². The Kier molecular flexibility index (Phi) is 5.52. The highest BCUT2D eigenvalue weighted by atomic mass is 19.1. The van der Waals surface area contributed by atoms with Crippen LogP contribution >= 0.6 is 0 Å². The molecule has 1 amide bonds. The van der Waals surface area contributed by atoms with E-state index in [2.05, 4.69) is 10.2 Å². The van der Waals surface area contributed by atoms with Gasteiger partial charge in [0.2, 0.25) is 5.91 Å². The van der Waals surface area contributed by atoms with Crippen molar-refractivity contribution in [2.24, 2.45) is 5.92 Å². The summed E-state index contributed by atoms with van der Waals surface area (Å²) in [5.41, 5.74) is 0.931. The topological polar surface area (TPSA) is 32.3 Å². The van der Waals surface area contributed by atoms with E-state index < -0.39 is 0 Å². The number of nitrogens with zero attached hydrogens (tertiary/aromatic N) is 1. The molecular weight excluding hydrogens is 291 g/mol. The molecular formula is C19H27FN2O. The summed E-state index contributed by atoms with van der Waals surface area (Å²) >= 11 is 0. The van der Waals surface area contributed by atoms with E-state index in [0.29, 0.717) is 5.91 Å². The zero-order chi connectivity index (χ0) is 16.1. The lowest BCUT2D eigenvalue weighted by Gasteiger charge is -2.35. The highest BCUT2D eigenvalue weighted by Crippen LogP contribution is 2.26. The Balaban J connectivity index is 1.56. The van der Waals surface area contributed by atoms with Crippen LogP contribution in [-0.2, 0) is 4.79 Å². The summed E-state index contributed by atoms with van der Waals surface area (Å²) < 4.78 is 13.0. The fourth-order valence-corrected chi connectivity index (χ4v) is 3.86. The highest BCUT2D eigenvalue weighted by molar-refractivity contribution is 5.79. The van der Waals surface area contributed by atoms with Crippen molar-refractivity contribution in [2.75, 3.05) is 18.4 Å². The maximum atomic E-state index is 13.0. The number of rotatable bonds is 3. The van der Waals surface area contributed by atoms with E-state index >= 15 is 0 Å². The molecule has 2 aliphatic rings. The summed E-state index contributed by atoms with van der Waals surface area (Å²) in [6.45, 7) is 1.66. The Morgan fingerprint density at radius 3 is 2.39 bits per heavy atom. The first-order valence-electron chi connectivity index (χ1n) is 9.03. The Morgan fingerprint density at radius 1 is 1.00 bits per heavy atom. The minimum Gasteiger partial charge on any atom is -0.381 e. The summed E-state index contributed by atoms with van der Waals surface area (Å²) in [5, 5.41) is 3.45. The van der Waals surface area contributed by atoms with Crippen LogP contribution in [-0.4, -0.2) is 29.9 Å². The van der Waals surface area contributed by atoms with Gasteiger partial charge in [-0.25, -0.2) is 4.39 Å². The van der Waals surface area contributed by atoms with Crippen LogP contribution in [0.15, 0.2) is 24.3 Å². The normalized spacial score (nSPS) is 23.3. The Labute approximate surface area is 138 Å². The molecule has 1 aliphatic heterocycles. The summed E-state index contributed by atoms with van der Waals surface area (Å²) in [4.78, 5) is 14.9. The van der Waals surface area contributed by atoms with Gasteiger partial charge >= 0.3 is 0 Å². The van der Waals surface area contributed by atoms with Crippen LogP contribution < -0.4 is 5.32 Å². The van der Waals surface area contributed by atoms with E-state index in [4.69, 9.17) is 0 Å².